The van der Waals surface area contributed by atoms with Crippen LogP contribution in [0.15, 0.2) is 48.5 Å². The molecule has 4 saturated carbocycles. The largest absolute Gasteiger partial charge is 1.00 e. The van der Waals surface area contributed by atoms with Crippen molar-refractivity contribution in [2.24, 2.45) is 23.2 Å². The molecular weight excluding hydrogens is 449 g/mol. The van der Waals surface area contributed by atoms with Crippen molar-refractivity contribution in [1.82, 2.24) is 3.80 Å². The summed E-state index contributed by atoms with van der Waals surface area (Å²) in [6, 6.07) is 17.4. The van der Waals surface area contributed by atoms with Crippen molar-refractivity contribution in [3.05, 3.63) is 59.7 Å². The van der Waals surface area contributed by atoms with Crippen LogP contribution in [0.5, 0.6) is 0 Å². The third-order valence-electron chi connectivity index (χ3n) is 7.98. The van der Waals surface area contributed by atoms with Crippen molar-refractivity contribution < 1.29 is 47.3 Å². The Morgan fingerprint density at radius 2 is 1.27 bits per heavy atom. The van der Waals surface area contributed by atoms with Crippen LogP contribution in [0.25, 0.3) is 11.1 Å². The fourth-order valence-corrected chi connectivity index (χ4v) is 10.3. The van der Waals surface area contributed by atoms with Crippen LogP contribution in [0.1, 0.15) is 53.9 Å². The number of halogens is 2. The number of hydrogen-bond donors (Lipinski definition) is 1. The molecule has 0 atom stereocenters. The zero-order valence-corrected chi connectivity index (χ0v) is 20.1. The molecular formula is C25H27Cl2NOTi. The molecule has 5 aliphatic carbocycles. The van der Waals surface area contributed by atoms with E-state index in [9.17, 15) is 4.79 Å². The van der Waals surface area contributed by atoms with Gasteiger partial charge in [0.15, 0.2) is 0 Å². The minimum atomic E-state index is -2.09. The first-order valence-corrected chi connectivity index (χ1v) is 13.6. The Kier molecular flexibility index (Phi) is 6.09. The number of carbonyl (C=O) groups is 1. The van der Waals surface area contributed by atoms with Crippen LogP contribution < -0.4 is 28.6 Å². The molecule has 2 aromatic carbocycles. The molecule has 2 nitrogen and oxygen atoms in total. The minimum absolute atomic E-state index is 0. The second-order valence-corrected chi connectivity index (χ2v) is 12.7. The van der Waals surface area contributed by atoms with Crippen LogP contribution in [0.4, 0.5) is 0 Å². The smallest absolute Gasteiger partial charge is 1.00 e. The minimum Gasteiger partial charge on any atom is -1.00 e. The van der Waals surface area contributed by atoms with Gasteiger partial charge in [0.05, 0.1) is 0 Å². The van der Waals surface area contributed by atoms with Crippen LogP contribution in [-0.2, 0) is 22.5 Å². The topological polar surface area (TPSA) is 29.1 Å². The van der Waals surface area contributed by atoms with Gasteiger partial charge in [-0.25, -0.2) is 0 Å². The Labute approximate surface area is 197 Å². The third kappa shape index (κ3) is 3.35. The Morgan fingerprint density at radius 3 is 1.73 bits per heavy atom. The van der Waals surface area contributed by atoms with E-state index in [1.165, 1.54) is 41.5 Å². The summed E-state index contributed by atoms with van der Waals surface area (Å²) in [6.07, 6.45) is 7.53. The second kappa shape index (κ2) is 8.21. The summed E-state index contributed by atoms with van der Waals surface area (Å²) in [5.74, 6) is 2.77. The number of fused-ring (bicyclic) bond motifs is 3. The van der Waals surface area contributed by atoms with E-state index in [0.717, 1.165) is 37.0 Å². The van der Waals surface area contributed by atoms with Gasteiger partial charge < -0.3 is 24.8 Å². The molecule has 5 aliphatic rings. The second-order valence-electron chi connectivity index (χ2n) is 9.78. The van der Waals surface area contributed by atoms with Crippen LogP contribution in [0, 0.1) is 23.2 Å². The van der Waals surface area contributed by atoms with E-state index in [-0.39, 0.29) is 30.2 Å². The predicted octanol–water partition coefficient (Wildman–Crippen LogP) is -0.938. The molecule has 0 unspecified atom stereocenters. The van der Waals surface area contributed by atoms with Gasteiger partial charge >= 0.3 is 174 Å². The molecule has 0 aromatic heterocycles. The number of benzene rings is 2. The molecule has 156 valence electrons. The Hall–Kier alpha value is -0.926. The molecule has 1 amide bonds. The zero-order chi connectivity index (χ0) is 18.9. The summed E-state index contributed by atoms with van der Waals surface area (Å²) in [5.41, 5.74) is 5.35. The fourth-order valence-electron chi connectivity index (χ4n) is 7.27. The average Bonchev–Trinajstić information content (AvgIpc) is 3.01. The summed E-state index contributed by atoms with van der Waals surface area (Å²) < 4.78 is 3.89. The van der Waals surface area contributed by atoms with Crippen molar-refractivity contribution in [2.45, 2.75) is 42.7 Å². The van der Waals surface area contributed by atoms with Crippen LogP contribution in [-0.4, -0.2) is 10.7 Å². The first kappa shape index (κ1) is 22.3. The van der Waals surface area contributed by atoms with Gasteiger partial charge in [0, 0.05) is 0 Å². The van der Waals surface area contributed by atoms with E-state index in [4.69, 9.17) is 0 Å². The van der Waals surface area contributed by atoms with Gasteiger partial charge in [-0.3, -0.25) is 0 Å². The molecule has 5 heteroatoms. The van der Waals surface area contributed by atoms with E-state index in [2.05, 4.69) is 57.1 Å². The van der Waals surface area contributed by atoms with Gasteiger partial charge in [-0.15, -0.1) is 0 Å². The summed E-state index contributed by atoms with van der Waals surface area (Å²) in [4.78, 5) is 18.2. The first-order valence-electron chi connectivity index (χ1n) is 10.8. The Balaban J connectivity index is 0.00000109. The average molecular weight is 476 g/mol. The summed E-state index contributed by atoms with van der Waals surface area (Å²) in [7, 11) is 0. The number of nitrogens with one attached hydrogen (secondary N) is 1. The Morgan fingerprint density at radius 1 is 0.833 bits per heavy atom. The molecule has 0 aliphatic heterocycles. The van der Waals surface area contributed by atoms with E-state index >= 15 is 0 Å². The van der Waals surface area contributed by atoms with Crippen molar-refractivity contribution in [3.63, 3.8) is 0 Å². The standard InChI is InChI=1S/C13H9.C11H17NO.CH2.2ClH.Ti/c1-3-7-12-10(5-1)9-11-6-2-4-8-13(11)12;12-10(13)11-4-7-1-8(5-11)3-9(2-7)6-11;;;;/h1-9H;7-9H,1-6H2,(H2,12,13);1H2;2*1H;/q;;;;;+3/p-3. The quantitative estimate of drug-likeness (QED) is 0.570. The monoisotopic (exact) mass is 475 g/mol. The van der Waals surface area contributed by atoms with Gasteiger partial charge in [0.1, 0.15) is 0 Å². The zero-order valence-electron chi connectivity index (χ0n) is 17.0. The van der Waals surface area contributed by atoms with Gasteiger partial charge in [-0.2, -0.15) is 0 Å². The SMILES string of the molecule is [CH2]=[Ti+2]([NH]C(=O)C12CC3CC(CC(C3)C1)C2)[CH]1c2ccccc2-c2ccccc21.[Cl-].[Cl-]. The van der Waals surface area contributed by atoms with Gasteiger partial charge in [-0.05, 0) is 0 Å². The van der Waals surface area contributed by atoms with E-state index in [0.29, 0.717) is 10.1 Å². The number of rotatable bonds is 3. The molecule has 2 aromatic rings. The molecule has 0 radical (unpaired) electrons. The number of hydrogen-bond acceptors (Lipinski definition) is 1. The maximum atomic E-state index is 13.6. The third-order valence-corrected chi connectivity index (χ3v) is 10.9. The first-order chi connectivity index (χ1) is 13.6. The van der Waals surface area contributed by atoms with Crippen LogP contribution in [0.2, 0.25) is 0 Å². The maximum absolute atomic E-state index is 13.6. The fraction of sp³-hybridized carbons (Fsp3) is 0.440. The summed E-state index contributed by atoms with van der Waals surface area (Å²) >= 11 is -2.09. The van der Waals surface area contributed by atoms with Crippen molar-refractivity contribution in [2.75, 3.05) is 0 Å². The number of amides is 1. The van der Waals surface area contributed by atoms with Crippen LogP contribution >= 0.6 is 0 Å². The van der Waals surface area contributed by atoms with Crippen molar-refractivity contribution in [1.29, 1.82) is 0 Å². The van der Waals surface area contributed by atoms with Crippen LogP contribution in [0.3, 0.4) is 0 Å². The Bertz CT molecular complexity index is 923. The van der Waals surface area contributed by atoms with Gasteiger partial charge in [0.2, 0.25) is 0 Å². The molecule has 0 saturated heterocycles. The van der Waals surface area contributed by atoms with E-state index < -0.39 is 17.7 Å². The van der Waals surface area contributed by atoms with Crippen molar-refractivity contribution >= 4 is 10.7 Å². The van der Waals surface area contributed by atoms with Gasteiger partial charge in [-0.1, -0.05) is 0 Å². The van der Waals surface area contributed by atoms with E-state index in [1.54, 1.807) is 0 Å². The molecule has 0 heterocycles. The van der Waals surface area contributed by atoms with Gasteiger partial charge in [0.25, 0.3) is 0 Å². The normalized spacial score (nSPS) is 29.6. The predicted molar refractivity (Wildman–Crippen MR) is 110 cm³/mol. The maximum Gasteiger partial charge on any atom is -1.00 e. The molecule has 4 bridgehead atoms. The number of carbonyl (C=O) groups excluding carboxylic acids is 1. The molecule has 30 heavy (non-hydrogen) atoms. The summed E-state index contributed by atoms with van der Waals surface area (Å²) in [5, 5.41) is 0. The molecule has 4 fully saturated rings. The molecule has 1 N–H and O–H groups in total. The summed E-state index contributed by atoms with van der Waals surface area (Å²) in [6.45, 7) is 0. The van der Waals surface area contributed by atoms with Crippen molar-refractivity contribution in [3.8, 4) is 11.1 Å². The van der Waals surface area contributed by atoms with E-state index in [1.807, 2.05) is 0 Å². The molecule has 7 rings (SSSR count). The molecule has 0 spiro atoms.